The molecule has 0 saturated carbocycles. The van der Waals surface area contributed by atoms with Gasteiger partial charge in [-0.15, -0.1) is 0 Å². The van der Waals surface area contributed by atoms with Crippen molar-refractivity contribution < 1.29 is 0 Å². The van der Waals surface area contributed by atoms with Crippen molar-refractivity contribution in [3.8, 4) is 11.1 Å². The highest BCUT2D eigenvalue weighted by atomic mass is 15.5. The summed E-state index contributed by atoms with van der Waals surface area (Å²) in [6.07, 6.45) is 1.25. The van der Waals surface area contributed by atoms with Gasteiger partial charge in [0, 0.05) is 19.3 Å². The third kappa shape index (κ3) is 12.3. The molecule has 0 saturated heterocycles. The van der Waals surface area contributed by atoms with Gasteiger partial charge in [0.15, 0.2) is 0 Å². The Hall–Kier alpha value is -3.40. The second-order valence-electron chi connectivity index (χ2n) is 7.26. The van der Waals surface area contributed by atoms with Crippen molar-refractivity contribution in [2.45, 2.75) is 26.8 Å². The van der Waals surface area contributed by atoms with Crippen LogP contribution in [0.3, 0.4) is 0 Å². The van der Waals surface area contributed by atoms with E-state index in [-0.39, 0.29) is 0 Å². The molecule has 3 heteroatoms. The van der Waals surface area contributed by atoms with Crippen molar-refractivity contribution >= 4 is 5.69 Å². The molecule has 0 spiro atoms. The van der Waals surface area contributed by atoms with Gasteiger partial charge >= 0.3 is 0 Å². The molecule has 0 radical (unpaired) electrons. The lowest BCUT2D eigenvalue weighted by molar-refractivity contribution is 0.395. The van der Waals surface area contributed by atoms with E-state index in [1.54, 1.807) is 0 Å². The fourth-order valence-corrected chi connectivity index (χ4v) is 2.89. The third-order valence-corrected chi connectivity index (χ3v) is 4.24. The van der Waals surface area contributed by atoms with Crippen LogP contribution in [0.2, 0.25) is 0 Å². The van der Waals surface area contributed by atoms with E-state index in [4.69, 9.17) is 0 Å². The van der Waals surface area contributed by atoms with Crippen molar-refractivity contribution in [3.63, 3.8) is 0 Å². The van der Waals surface area contributed by atoms with Crippen LogP contribution in [0.5, 0.6) is 0 Å². The number of hydrazine groups is 1. The van der Waals surface area contributed by atoms with E-state index in [2.05, 4.69) is 115 Å². The molecule has 0 fully saturated rings. The van der Waals surface area contributed by atoms with Gasteiger partial charge in [-0.2, -0.15) is 0 Å². The van der Waals surface area contributed by atoms with Gasteiger partial charge in [0.25, 0.3) is 0 Å². The highest BCUT2D eigenvalue weighted by molar-refractivity contribution is 5.62. The Morgan fingerprint density at radius 3 is 1.30 bits per heavy atom. The first-order valence-corrected chi connectivity index (χ1v) is 11.5. The average Bonchev–Trinajstić information content (AvgIpc) is 2.88. The fraction of sp³-hybridized carbons (Fsp3) is 0.200. The highest BCUT2D eigenvalue weighted by Crippen LogP contribution is 2.17. The lowest BCUT2D eigenvalue weighted by Crippen LogP contribution is -2.24. The molecular formula is C30H39N3. The topological polar surface area (TPSA) is 41.3 Å². The van der Waals surface area contributed by atoms with E-state index < -0.39 is 0 Å². The Labute approximate surface area is 200 Å². The molecule has 0 bridgehead atoms. The summed E-state index contributed by atoms with van der Waals surface area (Å²) in [5.41, 5.74) is 12.8. The minimum Gasteiger partial charge on any atom is -0.333 e. The smallest absolute Gasteiger partial charge is 0.0490 e. The van der Waals surface area contributed by atoms with Crippen LogP contribution in [0, 0.1) is 0 Å². The molecule has 3 nitrogen and oxygen atoms in total. The molecule has 4 rings (SSSR count). The minimum atomic E-state index is 0.885. The Morgan fingerprint density at radius 1 is 0.576 bits per heavy atom. The average molecular weight is 442 g/mol. The SMILES string of the molecule is CCC.CN.CN(Cc1ccccc1)Nc1ccccc1.c1ccc(-c2ccccc2)cc1. The van der Waals surface area contributed by atoms with Gasteiger partial charge in [-0.3, -0.25) is 0 Å². The summed E-state index contributed by atoms with van der Waals surface area (Å²) < 4.78 is 0. The van der Waals surface area contributed by atoms with Gasteiger partial charge in [-0.1, -0.05) is 129 Å². The minimum absolute atomic E-state index is 0.885. The van der Waals surface area contributed by atoms with Gasteiger partial charge in [-0.25, -0.2) is 5.01 Å². The zero-order chi connectivity index (χ0) is 24.2. The first-order valence-electron chi connectivity index (χ1n) is 11.5. The summed E-state index contributed by atoms with van der Waals surface area (Å²) in [6, 6.07) is 41.4. The van der Waals surface area contributed by atoms with Crippen LogP contribution in [0.1, 0.15) is 25.8 Å². The number of nitrogens with one attached hydrogen (secondary N) is 1. The van der Waals surface area contributed by atoms with E-state index in [1.807, 2.05) is 43.4 Å². The number of rotatable bonds is 5. The van der Waals surface area contributed by atoms with Gasteiger partial charge in [0.05, 0.1) is 0 Å². The van der Waals surface area contributed by atoms with E-state index in [0.717, 1.165) is 12.2 Å². The van der Waals surface area contributed by atoms with Crippen LogP contribution < -0.4 is 11.2 Å². The van der Waals surface area contributed by atoms with Crippen molar-refractivity contribution in [2.75, 3.05) is 19.5 Å². The molecule has 33 heavy (non-hydrogen) atoms. The van der Waals surface area contributed by atoms with E-state index in [9.17, 15) is 0 Å². The normalized spacial score (nSPS) is 9.27. The maximum Gasteiger partial charge on any atom is 0.0490 e. The number of nitrogens with zero attached hydrogens (tertiary/aromatic N) is 1. The number of anilines is 1. The number of nitrogens with two attached hydrogens (primary N) is 1. The summed E-state index contributed by atoms with van der Waals surface area (Å²) in [7, 11) is 3.54. The number of para-hydroxylation sites is 1. The van der Waals surface area contributed by atoms with E-state index in [0.29, 0.717) is 0 Å². The zero-order valence-electron chi connectivity index (χ0n) is 20.5. The molecule has 0 aliphatic carbocycles. The zero-order valence-corrected chi connectivity index (χ0v) is 20.5. The summed E-state index contributed by atoms with van der Waals surface area (Å²) in [4.78, 5) is 0. The van der Waals surface area contributed by atoms with Crippen molar-refractivity contribution in [2.24, 2.45) is 5.73 Å². The first kappa shape index (κ1) is 27.6. The largest absolute Gasteiger partial charge is 0.333 e. The maximum absolute atomic E-state index is 4.50. The molecule has 0 unspecified atom stereocenters. The molecular weight excluding hydrogens is 402 g/mol. The predicted octanol–water partition coefficient (Wildman–Crippen LogP) is 7.49. The maximum atomic E-state index is 4.50. The molecule has 0 heterocycles. The molecule has 0 aliphatic rings. The van der Waals surface area contributed by atoms with Crippen LogP contribution in [-0.4, -0.2) is 19.1 Å². The second-order valence-corrected chi connectivity index (χ2v) is 7.26. The van der Waals surface area contributed by atoms with Crippen molar-refractivity contribution in [3.05, 3.63) is 127 Å². The van der Waals surface area contributed by atoms with Gasteiger partial charge in [0.1, 0.15) is 0 Å². The van der Waals surface area contributed by atoms with Crippen LogP contribution in [0.4, 0.5) is 5.69 Å². The summed E-state index contributed by atoms with van der Waals surface area (Å²) >= 11 is 0. The number of hydrogen-bond donors (Lipinski definition) is 2. The highest BCUT2D eigenvalue weighted by Gasteiger charge is 1.99. The Kier molecular flexibility index (Phi) is 15.2. The monoisotopic (exact) mass is 441 g/mol. The number of hydrogen-bond acceptors (Lipinski definition) is 3. The molecule has 0 atom stereocenters. The number of benzene rings is 4. The summed E-state index contributed by atoms with van der Waals surface area (Å²) in [5, 5.41) is 2.07. The fourth-order valence-electron chi connectivity index (χ4n) is 2.89. The summed E-state index contributed by atoms with van der Waals surface area (Å²) in [5.74, 6) is 0. The van der Waals surface area contributed by atoms with Crippen LogP contribution in [0.15, 0.2) is 121 Å². The van der Waals surface area contributed by atoms with Crippen LogP contribution >= 0.6 is 0 Å². The van der Waals surface area contributed by atoms with Crippen molar-refractivity contribution in [1.29, 1.82) is 0 Å². The molecule has 0 aliphatic heterocycles. The summed E-state index contributed by atoms with van der Waals surface area (Å²) in [6.45, 7) is 5.13. The van der Waals surface area contributed by atoms with Gasteiger partial charge < -0.3 is 11.2 Å². The Balaban J connectivity index is 0.000000283. The third-order valence-electron chi connectivity index (χ3n) is 4.24. The Bertz CT molecular complexity index is 848. The lowest BCUT2D eigenvalue weighted by Gasteiger charge is -2.19. The van der Waals surface area contributed by atoms with Crippen molar-refractivity contribution in [1.82, 2.24) is 5.01 Å². The quantitative estimate of drug-likeness (QED) is 0.315. The van der Waals surface area contributed by atoms with Gasteiger partial charge in [0.2, 0.25) is 0 Å². The lowest BCUT2D eigenvalue weighted by atomic mass is 10.1. The molecule has 174 valence electrons. The van der Waals surface area contributed by atoms with E-state index >= 15 is 0 Å². The molecule has 4 aromatic rings. The second kappa shape index (κ2) is 18.2. The van der Waals surface area contributed by atoms with Gasteiger partial charge in [-0.05, 0) is 35.9 Å². The molecule has 4 aromatic carbocycles. The molecule has 0 aromatic heterocycles. The first-order chi connectivity index (χ1) is 16.2. The molecule has 0 amide bonds. The predicted molar refractivity (Wildman–Crippen MR) is 146 cm³/mol. The van der Waals surface area contributed by atoms with Crippen LogP contribution in [-0.2, 0) is 6.54 Å². The van der Waals surface area contributed by atoms with E-state index in [1.165, 1.54) is 30.2 Å². The van der Waals surface area contributed by atoms with Crippen LogP contribution in [0.25, 0.3) is 11.1 Å². The molecule has 3 N–H and O–H groups in total. The standard InChI is InChI=1S/C14H16N2.C12H10.C3H8.CH5N/c1-16(12-13-8-4-2-5-9-13)15-14-10-6-3-7-11-14;1-3-7-11(8-4-1)12-9-5-2-6-10-12;1-3-2;1-2/h2-11,15H,12H2,1H3;1-10H;3H2,1-2H3;2H2,1H3. The Morgan fingerprint density at radius 2 is 0.909 bits per heavy atom.